The van der Waals surface area contributed by atoms with Crippen LogP contribution >= 0.6 is 0 Å². The van der Waals surface area contributed by atoms with Gasteiger partial charge in [0.05, 0.1) is 41.6 Å². The highest BCUT2D eigenvalue weighted by Gasteiger charge is 2.42. The van der Waals surface area contributed by atoms with E-state index in [-0.39, 0.29) is 11.8 Å². The van der Waals surface area contributed by atoms with E-state index in [0.717, 1.165) is 66.0 Å². The summed E-state index contributed by atoms with van der Waals surface area (Å²) in [6.07, 6.45) is 3.32. The highest BCUT2D eigenvalue weighted by atomic mass is 16.7. The summed E-state index contributed by atoms with van der Waals surface area (Å²) in [5.74, 6) is 0.475. The standard InChI is InChI=1S/C26H32N6O3/c1-18-22-19(2)32(21-8-4-3-5-9-21)29-23(22)24(28-27-18)31-12-6-7-20(17-31)25(33)30-13-10-26(11-14-30)34-15-16-35-26/h3-5,8-9,20H,6-7,10-17H2,1-2H3. The number of fused-ring (bicyclic) bond motifs is 1. The second-order valence-electron chi connectivity index (χ2n) is 9.88. The molecule has 3 fully saturated rings. The number of hydrogen-bond acceptors (Lipinski definition) is 7. The topological polar surface area (TPSA) is 85.6 Å². The fourth-order valence-electron chi connectivity index (χ4n) is 5.83. The Kier molecular flexibility index (Phi) is 5.69. The second-order valence-corrected chi connectivity index (χ2v) is 9.88. The van der Waals surface area contributed by atoms with Crippen LogP contribution in [-0.2, 0) is 14.3 Å². The maximum atomic E-state index is 13.5. The zero-order valence-corrected chi connectivity index (χ0v) is 20.4. The molecule has 5 heterocycles. The number of para-hydroxylation sites is 1. The van der Waals surface area contributed by atoms with Crippen molar-refractivity contribution >= 4 is 22.6 Å². The Morgan fingerprint density at radius 1 is 1.03 bits per heavy atom. The van der Waals surface area contributed by atoms with Crippen molar-refractivity contribution in [2.45, 2.75) is 45.3 Å². The molecule has 0 N–H and O–H groups in total. The highest BCUT2D eigenvalue weighted by molar-refractivity contribution is 5.92. The Labute approximate surface area is 205 Å². The van der Waals surface area contributed by atoms with Gasteiger partial charge in [-0.05, 0) is 38.8 Å². The lowest BCUT2D eigenvalue weighted by Crippen LogP contribution is -2.51. The van der Waals surface area contributed by atoms with Crippen molar-refractivity contribution in [3.63, 3.8) is 0 Å². The van der Waals surface area contributed by atoms with Gasteiger partial charge in [-0.1, -0.05) is 18.2 Å². The summed E-state index contributed by atoms with van der Waals surface area (Å²) in [5.41, 5.74) is 3.77. The fourth-order valence-corrected chi connectivity index (χ4v) is 5.83. The van der Waals surface area contributed by atoms with Gasteiger partial charge in [-0.3, -0.25) is 4.79 Å². The lowest BCUT2D eigenvalue weighted by molar-refractivity contribution is -0.188. The maximum absolute atomic E-state index is 13.5. The molecule has 1 aromatic carbocycles. The largest absolute Gasteiger partial charge is 0.352 e. The SMILES string of the molecule is Cc1nnc(N2CCCC(C(=O)N3CCC4(CC3)OCCO4)C2)c2nn(-c3ccccc3)c(C)c12. The summed E-state index contributed by atoms with van der Waals surface area (Å²) in [7, 11) is 0. The van der Waals surface area contributed by atoms with E-state index in [1.807, 2.05) is 34.7 Å². The average molecular weight is 477 g/mol. The number of aromatic nitrogens is 4. The van der Waals surface area contributed by atoms with E-state index in [4.69, 9.17) is 14.6 Å². The van der Waals surface area contributed by atoms with Gasteiger partial charge in [-0.25, -0.2) is 4.68 Å². The number of carbonyl (C=O) groups excluding carboxylic acids is 1. The van der Waals surface area contributed by atoms with Gasteiger partial charge >= 0.3 is 0 Å². The average Bonchev–Trinajstić information content (AvgIpc) is 3.50. The summed E-state index contributed by atoms with van der Waals surface area (Å²) in [6, 6.07) is 10.1. The zero-order valence-electron chi connectivity index (χ0n) is 20.4. The molecule has 6 rings (SSSR count). The zero-order chi connectivity index (χ0) is 24.0. The molecule has 0 saturated carbocycles. The molecule has 0 radical (unpaired) electrons. The normalized spacial score (nSPS) is 22.3. The van der Waals surface area contributed by atoms with E-state index in [1.165, 1.54) is 0 Å². The van der Waals surface area contributed by atoms with Gasteiger partial charge in [0, 0.05) is 39.0 Å². The molecular formula is C26H32N6O3. The van der Waals surface area contributed by atoms with Gasteiger partial charge in [0.25, 0.3) is 0 Å². The molecule has 1 spiro atoms. The number of nitrogens with zero attached hydrogens (tertiary/aromatic N) is 6. The van der Waals surface area contributed by atoms with Crippen molar-refractivity contribution in [2.75, 3.05) is 44.3 Å². The number of amides is 1. The van der Waals surface area contributed by atoms with Crippen LogP contribution in [0.15, 0.2) is 30.3 Å². The summed E-state index contributed by atoms with van der Waals surface area (Å²) < 4.78 is 13.6. The first kappa shape index (κ1) is 22.4. The van der Waals surface area contributed by atoms with Gasteiger partial charge in [-0.2, -0.15) is 10.2 Å². The number of anilines is 1. The molecular weight excluding hydrogens is 444 g/mol. The van der Waals surface area contributed by atoms with E-state index < -0.39 is 5.79 Å². The van der Waals surface area contributed by atoms with Crippen LogP contribution in [0.2, 0.25) is 0 Å². The van der Waals surface area contributed by atoms with Crippen molar-refractivity contribution < 1.29 is 14.3 Å². The maximum Gasteiger partial charge on any atom is 0.227 e. The number of piperidine rings is 2. The molecule has 2 aromatic heterocycles. The summed E-state index contributed by atoms with van der Waals surface area (Å²) >= 11 is 0. The van der Waals surface area contributed by atoms with Crippen LogP contribution < -0.4 is 4.90 Å². The summed E-state index contributed by atoms with van der Waals surface area (Å²) in [4.78, 5) is 17.7. The third-order valence-electron chi connectivity index (χ3n) is 7.71. The van der Waals surface area contributed by atoms with Crippen molar-refractivity contribution in [1.82, 2.24) is 24.9 Å². The van der Waals surface area contributed by atoms with Crippen LogP contribution in [0, 0.1) is 19.8 Å². The van der Waals surface area contributed by atoms with Crippen LogP contribution in [0.3, 0.4) is 0 Å². The molecule has 1 unspecified atom stereocenters. The predicted octanol–water partition coefficient (Wildman–Crippen LogP) is 3.01. The first-order valence-electron chi connectivity index (χ1n) is 12.6. The molecule has 35 heavy (non-hydrogen) atoms. The smallest absolute Gasteiger partial charge is 0.227 e. The van der Waals surface area contributed by atoms with Gasteiger partial charge in [-0.15, -0.1) is 5.10 Å². The lowest BCUT2D eigenvalue weighted by atomic mass is 9.94. The molecule has 3 aliphatic heterocycles. The quantitative estimate of drug-likeness (QED) is 0.574. The number of benzene rings is 1. The first-order chi connectivity index (χ1) is 17.0. The molecule has 9 nitrogen and oxygen atoms in total. The summed E-state index contributed by atoms with van der Waals surface area (Å²) in [6.45, 7) is 8.20. The Balaban J connectivity index is 1.24. The molecule has 3 aromatic rings. The fraction of sp³-hybridized carbons (Fsp3) is 0.538. The van der Waals surface area contributed by atoms with Crippen molar-refractivity contribution in [3.8, 4) is 5.69 Å². The van der Waals surface area contributed by atoms with Gasteiger partial charge in [0.15, 0.2) is 11.6 Å². The minimum Gasteiger partial charge on any atom is -0.352 e. The van der Waals surface area contributed by atoms with Crippen LogP contribution in [0.4, 0.5) is 5.82 Å². The third kappa shape index (κ3) is 3.96. The minimum atomic E-state index is -0.464. The highest BCUT2D eigenvalue weighted by Crippen LogP contribution is 2.34. The molecule has 0 aliphatic carbocycles. The Morgan fingerprint density at radius 2 is 1.77 bits per heavy atom. The van der Waals surface area contributed by atoms with Crippen LogP contribution in [0.1, 0.15) is 37.1 Å². The third-order valence-corrected chi connectivity index (χ3v) is 7.71. The number of carbonyl (C=O) groups is 1. The molecule has 0 bridgehead atoms. The Hall–Kier alpha value is -3.04. The number of likely N-dealkylation sites (tertiary alicyclic amines) is 1. The van der Waals surface area contributed by atoms with Gasteiger partial charge in [0.2, 0.25) is 5.91 Å². The number of aryl methyl sites for hydroxylation is 2. The molecule has 1 amide bonds. The molecule has 1 atom stereocenters. The van der Waals surface area contributed by atoms with Crippen molar-refractivity contribution in [3.05, 3.63) is 41.7 Å². The second kappa shape index (κ2) is 8.87. The number of ether oxygens (including phenoxy) is 2. The van der Waals surface area contributed by atoms with Crippen LogP contribution in [-0.4, -0.2) is 76.0 Å². The first-order valence-corrected chi connectivity index (χ1v) is 12.6. The Bertz CT molecular complexity index is 1230. The monoisotopic (exact) mass is 476 g/mol. The number of rotatable bonds is 3. The molecule has 3 aliphatic rings. The lowest BCUT2D eigenvalue weighted by Gasteiger charge is -2.40. The predicted molar refractivity (Wildman–Crippen MR) is 132 cm³/mol. The van der Waals surface area contributed by atoms with Gasteiger partial charge < -0.3 is 19.3 Å². The van der Waals surface area contributed by atoms with Crippen LogP contribution in [0.25, 0.3) is 16.6 Å². The van der Waals surface area contributed by atoms with Crippen LogP contribution in [0.5, 0.6) is 0 Å². The summed E-state index contributed by atoms with van der Waals surface area (Å²) in [5, 5.41) is 15.1. The number of hydrogen-bond donors (Lipinski definition) is 0. The molecule has 3 saturated heterocycles. The van der Waals surface area contributed by atoms with E-state index >= 15 is 0 Å². The van der Waals surface area contributed by atoms with E-state index in [9.17, 15) is 4.79 Å². The van der Waals surface area contributed by atoms with Crippen molar-refractivity contribution in [1.29, 1.82) is 0 Å². The van der Waals surface area contributed by atoms with Gasteiger partial charge in [0.1, 0.15) is 5.52 Å². The van der Waals surface area contributed by atoms with E-state index in [0.29, 0.717) is 32.8 Å². The van der Waals surface area contributed by atoms with E-state index in [2.05, 4.69) is 34.2 Å². The molecule has 184 valence electrons. The van der Waals surface area contributed by atoms with Crippen molar-refractivity contribution in [2.24, 2.45) is 5.92 Å². The molecule has 9 heteroatoms. The van der Waals surface area contributed by atoms with E-state index in [1.54, 1.807) is 0 Å². The minimum absolute atomic E-state index is 0.0568. The Morgan fingerprint density at radius 3 is 2.51 bits per heavy atom.